The molecular weight excluding hydrogens is 470 g/mol. The minimum Gasteiger partial charge on any atom is -0.335 e. The second kappa shape index (κ2) is 10.4. The summed E-state index contributed by atoms with van der Waals surface area (Å²) in [6.45, 7) is 6.04. The summed E-state index contributed by atoms with van der Waals surface area (Å²) in [7, 11) is 0. The van der Waals surface area contributed by atoms with Crippen molar-refractivity contribution in [2.75, 3.05) is 31.5 Å². The molecule has 3 aromatic rings. The highest BCUT2D eigenvalue weighted by Crippen LogP contribution is 2.25. The number of amides is 3. The number of benzene rings is 2. The molecule has 1 aliphatic rings. The number of rotatable bonds is 5. The second-order valence-electron chi connectivity index (χ2n) is 8.49. The van der Waals surface area contributed by atoms with Crippen molar-refractivity contribution < 1.29 is 14.4 Å². The van der Waals surface area contributed by atoms with Crippen molar-refractivity contribution in [2.24, 2.45) is 0 Å². The molecule has 8 heteroatoms. The third-order valence-electron chi connectivity index (χ3n) is 5.88. The lowest BCUT2D eigenvalue weighted by Crippen LogP contribution is -2.50. The van der Waals surface area contributed by atoms with E-state index in [9.17, 15) is 14.4 Å². The monoisotopic (exact) mass is 495 g/mol. The Labute approximate surface area is 208 Å². The van der Waals surface area contributed by atoms with Crippen LogP contribution in [0.2, 0.25) is 5.02 Å². The number of halogens is 1. The van der Waals surface area contributed by atoms with Gasteiger partial charge >= 0.3 is 0 Å². The molecule has 176 valence electrons. The normalized spacial score (nSPS) is 13.8. The van der Waals surface area contributed by atoms with Gasteiger partial charge < -0.3 is 15.1 Å². The number of hydrogen-bond donors (Lipinski definition) is 1. The maximum absolute atomic E-state index is 13.1. The van der Waals surface area contributed by atoms with Crippen LogP contribution in [-0.2, 0) is 0 Å². The second-order valence-corrected chi connectivity index (χ2v) is 9.84. The molecule has 6 nitrogen and oxygen atoms in total. The van der Waals surface area contributed by atoms with Gasteiger partial charge in [-0.25, -0.2) is 0 Å². The first-order chi connectivity index (χ1) is 16.3. The third-order valence-corrected chi connectivity index (χ3v) is 7.08. The molecule has 2 aromatic carbocycles. The molecule has 1 N–H and O–H groups in total. The minimum atomic E-state index is -0.268. The summed E-state index contributed by atoms with van der Waals surface area (Å²) < 4.78 is 0. The van der Waals surface area contributed by atoms with Crippen LogP contribution in [0, 0.1) is 0 Å². The van der Waals surface area contributed by atoms with Crippen LogP contribution in [0.15, 0.2) is 60.0 Å². The highest BCUT2D eigenvalue weighted by Gasteiger charge is 2.26. The van der Waals surface area contributed by atoms with Crippen LogP contribution in [-0.4, -0.2) is 53.7 Å². The molecule has 0 saturated carbocycles. The average molecular weight is 496 g/mol. The number of hydrogen-bond acceptors (Lipinski definition) is 4. The Kier molecular flexibility index (Phi) is 7.34. The molecule has 2 heterocycles. The number of carbonyl (C=O) groups is 3. The van der Waals surface area contributed by atoms with Gasteiger partial charge in [-0.1, -0.05) is 43.6 Å². The Balaban J connectivity index is 1.38. The Bertz CT molecular complexity index is 1180. The van der Waals surface area contributed by atoms with Crippen molar-refractivity contribution in [2.45, 2.75) is 19.8 Å². The van der Waals surface area contributed by atoms with E-state index in [1.54, 1.807) is 40.1 Å². The van der Waals surface area contributed by atoms with Crippen LogP contribution in [0.3, 0.4) is 0 Å². The van der Waals surface area contributed by atoms with Crippen LogP contribution < -0.4 is 5.32 Å². The molecule has 0 spiro atoms. The van der Waals surface area contributed by atoms with Gasteiger partial charge in [0, 0.05) is 37.3 Å². The molecule has 34 heavy (non-hydrogen) atoms. The van der Waals surface area contributed by atoms with E-state index in [2.05, 4.69) is 19.2 Å². The molecule has 0 unspecified atom stereocenters. The van der Waals surface area contributed by atoms with E-state index in [0.29, 0.717) is 58.8 Å². The number of nitrogens with one attached hydrogen (secondary N) is 1. The van der Waals surface area contributed by atoms with Gasteiger partial charge in [0.25, 0.3) is 17.7 Å². The molecule has 0 aliphatic carbocycles. The molecule has 1 aromatic heterocycles. The fourth-order valence-corrected chi connectivity index (χ4v) is 4.62. The van der Waals surface area contributed by atoms with Crippen molar-refractivity contribution in [3.8, 4) is 0 Å². The smallest absolute Gasteiger partial charge is 0.265 e. The zero-order chi connectivity index (χ0) is 24.2. The van der Waals surface area contributed by atoms with Gasteiger partial charge in [-0.15, -0.1) is 11.3 Å². The fourth-order valence-electron chi connectivity index (χ4n) is 3.83. The van der Waals surface area contributed by atoms with Gasteiger partial charge in [-0.05, 0) is 53.3 Å². The van der Waals surface area contributed by atoms with Crippen molar-refractivity contribution in [1.29, 1.82) is 0 Å². The number of piperazine rings is 1. The zero-order valence-corrected chi connectivity index (χ0v) is 20.7. The van der Waals surface area contributed by atoms with Crippen molar-refractivity contribution in [1.82, 2.24) is 9.80 Å². The van der Waals surface area contributed by atoms with Crippen LogP contribution in [0.25, 0.3) is 0 Å². The summed E-state index contributed by atoms with van der Waals surface area (Å²) in [6, 6.07) is 16.1. The zero-order valence-electron chi connectivity index (χ0n) is 19.1. The van der Waals surface area contributed by atoms with Gasteiger partial charge in [0.15, 0.2) is 0 Å². The lowest BCUT2D eigenvalue weighted by molar-refractivity contribution is 0.0535. The van der Waals surface area contributed by atoms with Gasteiger partial charge in [-0.3, -0.25) is 14.4 Å². The Morgan fingerprint density at radius 3 is 2.03 bits per heavy atom. The van der Waals surface area contributed by atoms with Gasteiger partial charge in [0.05, 0.1) is 15.6 Å². The maximum Gasteiger partial charge on any atom is 0.265 e. The lowest BCUT2D eigenvalue weighted by Gasteiger charge is -2.35. The van der Waals surface area contributed by atoms with Crippen LogP contribution in [0.5, 0.6) is 0 Å². The lowest BCUT2D eigenvalue weighted by atomic mass is 10.0. The van der Waals surface area contributed by atoms with E-state index in [4.69, 9.17) is 11.6 Å². The van der Waals surface area contributed by atoms with Crippen molar-refractivity contribution >= 4 is 46.3 Å². The first kappa shape index (κ1) is 24.0. The molecule has 0 atom stereocenters. The van der Waals surface area contributed by atoms with E-state index in [1.165, 1.54) is 16.9 Å². The average Bonchev–Trinajstić information content (AvgIpc) is 3.40. The number of thiophene rings is 1. The largest absolute Gasteiger partial charge is 0.335 e. The quantitative estimate of drug-likeness (QED) is 0.517. The fraction of sp³-hybridized carbons (Fsp3) is 0.269. The summed E-state index contributed by atoms with van der Waals surface area (Å²) >= 11 is 7.58. The Morgan fingerprint density at radius 1 is 0.882 bits per heavy atom. The topological polar surface area (TPSA) is 69.7 Å². The van der Waals surface area contributed by atoms with Crippen LogP contribution in [0.4, 0.5) is 5.69 Å². The van der Waals surface area contributed by atoms with E-state index in [-0.39, 0.29) is 17.7 Å². The van der Waals surface area contributed by atoms with Gasteiger partial charge in [0.1, 0.15) is 0 Å². The predicted octanol–water partition coefficient (Wildman–Crippen LogP) is 5.38. The van der Waals surface area contributed by atoms with Crippen molar-refractivity contribution in [3.63, 3.8) is 0 Å². The SMILES string of the molecule is CC(C)c1ccc(C(=O)N2CCN(C(=O)c3ccc(Cl)c(NC(=O)c4cccs4)c3)CC2)cc1. The third kappa shape index (κ3) is 5.32. The van der Waals surface area contributed by atoms with E-state index in [1.807, 2.05) is 29.6 Å². The predicted molar refractivity (Wildman–Crippen MR) is 136 cm³/mol. The Morgan fingerprint density at radius 2 is 1.47 bits per heavy atom. The van der Waals surface area contributed by atoms with Crippen molar-refractivity contribution in [3.05, 3.63) is 86.6 Å². The molecule has 4 rings (SSSR count). The minimum absolute atomic E-state index is 0.0209. The molecule has 1 fully saturated rings. The van der Waals surface area contributed by atoms with Gasteiger partial charge in [0.2, 0.25) is 0 Å². The van der Waals surface area contributed by atoms with Crippen LogP contribution >= 0.6 is 22.9 Å². The first-order valence-electron chi connectivity index (χ1n) is 11.2. The highest BCUT2D eigenvalue weighted by molar-refractivity contribution is 7.12. The van der Waals surface area contributed by atoms with Crippen LogP contribution in [0.1, 0.15) is 55.7 Å². The standard InChI is InChI=1S/C26H26ClN3O3S/c1-17(2)18-5-7-19(8-6-18)25(32)29-11-13-30(14-12-29)26(33)20-9-10-21(27)22(16-20)28-24(31)23-4-3-15-34-23/h3-10,15-17H,11-14H2,1-2H3,(H,28,31). The van der Waals surface area contributed by atoms with E-state index in [0.717, 1.165) is 0 Å². The Hall–Kier alpha value is -3.16. The summed E-state index contributed by atoms with van der Waals surface area (Å²) in [6.07, 6.45) is 0. The molecular formula is C26H26ClN3O3S. The molecule has 1 aliphatic heterocycles. The van der Waals surface area contributed by atoms with E-state index < -0.39 is 0 Å². The summed E-state index contributed by atoms with van der Waals surface area (Å²) in [5.74, 6) is -0.0321. The van der Waals surface area contributed by atoms with E-state index >= 15 is 0 Å². The maximum atomic E-state index is 13.1. The highest BCUT2D eigenvalue weighted by atomic mass is 35.5. The number of anilines is 1. The summed E-state index contributed by atoms with van der Waals surface area (Å²) in [4.78, 5) is 42.4. The van der Waals surface area contributed by atoms with Gasteiger partial charge in [-0.2, -0.15) is 0 Å². The molecule has 1 saturated heterocycles. The number of carbonyl (C=O) groups excluding carboxylic acids is 3. The first-order valence-corrected chi connectivity index (χ1v) is 12.4. The number of nitrogens with zero attached hydrogens (tertiary/aromatic N) is 2. The summed E-state index contributed by atoms with van der Waals surface area (Å²) in [5.41, 5.74) is 2.69. The molecule has 0 bridgehead atoms. The molecule has 3 amide bonds. The summed E-state index contributed by atoms with van der Waals surface area (Å²) in [5, 5.41) is 4.96. The molecule has 0 radical (unpaired) electrons.